The van der Waals surface area contributed by atoms with Gasteiger partial charge >= 0.3 is 0 Å². The maximum Gasteiger partial charge on any atom is 0.0796 e. The average Bonchev–Trinajstić information content (AvgIpc) is 1.96. The Kier molecular flexibility index (Phi) is 2.11. The summed E-state index contributed by atoms with van der Waals surface area (Å²) in [7, 11) is 0. The van der Waals surface area contributed by atoms with Gasteiger partial charge in [0, 0.05) is 5.41 Å². The summed E-state index contributed by atoms with van der Waals surface area (Å²) in [5.41, 5.74) is -0.297. The summed E-state index contributed by atoms with van der Waals surface area (Å²) < 4.78 is 0. The minimum Gasteiger partial charge on any atom is -0.396 e. The van der Waals surface area contributed by atoms with Crippen LogP contribution in [0, 0.1) is 5.41 Å². The van der Waals surface area contributed by atoms with Gasteiger partial charge in [-0.25, -0.2) is 0 Å². The minimum atomic E-state index is -0.466. The first-order chi connectivity index (χ1) is 4.69. The van der Waals surface area contributed by atoms with Gasteiger partial charge in [-0.05, 0) is 12.8 Å². The second-order valence-corrected chi connectivity index (χ2v) is 3.22. The first-order valence-electron chi connectivity index (χ1n) is 3.65. The molecule has 58 valence electrons. The molecule has 0 aromatic carbocycles. The van der Waals surface area contributed by atoms with Crippen molar-refractivity contribution in [2.75, 3.05) is 6.61 Å². The van der Waals surface area contributed by atoms with E-state index in [1.54, 1.807) is 6.08 Å². The molecule has 0 amide bonds. The van der Waals surface area contributed by atoms with Crippen LogP contribution in [0.4, 0.5) is 0 Å². The molecule has 1 aliphatic carbocycles. The molecule has 0 fully saturated rings. The molecule has 10 heavy (non-hydrogen) atoms. The molecular formula is C8H14O2. The molecule has 0 aromatic rings. The molecule has 0 aromatic heterocycles. The lowest BCUT2D eigenvalue weighted by Gasteiger charge is -2.33. The fraction of sp³-hybridized carbons (Fsp3) is 0.750. The number of allylic oxidation sites excluding steroid dienone is 1. The molecule has 0 bridgehead atoms. The monoisotopic (exact) mass is 142 g/mol. The smallest absolute Gasteiger partial charge is 0.0796 e. The van der Waals surface area contributed by atoms with Crippen molar-refractivity contribution >= 4 is 0 Å². The van der Waals surface area contributed by atoms with Crippen LogP contribution >= 0.6 is 0 Å². The summed E-state index contributed by atoms with van der Waals surface area (Å²) in [6, 6.07) is 0. The maximum atomic E-state index is 9.38. The first kappa shape index (κ1) is 7.76. The lowest BCUT2D eigenvalue weighted by atomic mass is 9.77. The van der Waals surface area contributed by atoms with Gasteiger partial charge in [-0.1, -0.05) is 19.1 Å². The number of aliphatic hydroxyl groups is 2. The van der Waals surface area contributed by atoms with Crippen molar-refractivity contribution in [1.29, 1.82) is 0 Å². The van der Waals surface area contributed by atoms with Crippen LogP contribution < -0.4 is 0 Å². The van der Waals surface area contributed by atoms with Crippen molar-refractivity contribution in [1.82, 2.24) is 0 Å². The van der Waals surface area contributed by atoms with Crippen molar-refractivity contribution in [2.45, 2.75) is 25.9 Å². The van der Waals surface area contributed by atoms with E-state index in [4.69, 9.17) is 5.11 Å². The Hall–Kier alpha value is -0.340. The predicted molar refractivity (Wildman–Crippen MR) is 39.6 cm³/mol. The highest BCUT2D eigenvalue weighted by Crippen LogP contribution is 2.31. The highest BCUT2D eigenvalue weighted by atomic mass is 16.3. The van der Waals surface area contributed by atoms with Gasteiger partial charge in [0.05, 0.1) is 12.7 Å². The molecule has 2 atom stereocenters. The Labute approximate surface area is 61.2 Å². The van der Waals surface area contributed by atoms with Crippen LogP contribution in [0.15, 0.2) is 12.2 Å². The first-order valence-corrected chi connectivity index (χ1v) is 3.65. The number of hydrogen-bond donors (Lipinski definition) is 2. The fourth-order valence-corrected chi connectivity index (χ4v) is 1.19. The zero-order chi connectivity index (χ0) is 7.61. The minimum absolute atomic E-state index is 0.0680. The Balaban J connectivity index is 2.67. The van der Waals surface area contributed by atoms with Gasteiger partial charge in [-0.3, -0.25) is 0 Å². The summed E-state index contributed by atoms with van der Waals surface area (Å²) >= 11 is 0. The summed E-state index contributed by atoms with van der Waals surface area (Å²) in [5.74, 6) is 0. The van der Waals surface area contributed by atoms with Gasteiger partial charge in [0.2, 0.25) is 0 Å². The molecule has 0 spiro atoms. The van der Waals surface area contributed by atoms with E-state index in [2.05, 4.69) is 0 Å². The van der Waals surface area contributed by atoms with E-state index in [0.29, 0.717) is 0 Å². The Bertz CT molecular complexity index is 142. The molecule has 2 N–H and O–H groups in total. The topological polar surface area (TPSA) is 40.5 Å². The third-order valence-corrected chi connectivity index (χ3v) is 2.28. The molecule has 1 rings (SSSR count). The van der Waals surface area contributed by atoms with E-state index in [-0.39, 0.29) is 12.0 Å². The third kappa shape index (κ3) is 1.22. The van der Waals surface area contributed by atoms with Crippen molar-refractivity contribution in [3.63, 3.8) is 0 Å². The van der Waals surface area contributed by atoms with Gasteiger partial charge in [-0.2, -0.15) is 0 Å². The van der Waals surface area contributed by atoms with Gasteiger partial charge in [-0.15, -0.1) is 0 Å². The maximum absolute atomic E-state index is 9.38. The summed E-state index contributed by atoms with van der Waals surface area (Å²) in [4.78, 5) is 0. The SMILES string of the molecule is C[C@]1(CO)CCC=C[C@H]1O. The van der Waals surface area contributed by atoms with Crippen molar-refractivity contribution in [3.8, 4) is 0 Å². The standard InChI is InChI=1S/C8H14O2/c1-8(6-9)5-3-2-4-7(8)10/h2,4,7,9-10H,3,5-6H2,1H3/t7-,8-/m1/s1. The molecule has 0 aliphatic heterocycles. The largest absolute Gasteiger partial charge is 0.396 e. The van der Waals surface area contributed by atoms with Crippen LogP contribution in [0.2, 0.25) is 0 Å². The summed E-state index contributed by atoms with van der Waals surface area (Å²) in [6.07, 6.45) is 5.10. The van der Waals surface area contributed by atoms with Crippen LogP contribution in [-0.4, -0.2) is 22.9 Å². The van der Waals surface area contributed by atoms with E-state index in [9.17, 15) is 5.11 Å². The Morgan fingerprint density at radius 2 is 2.40 bits per heavy atom. The summed E-state index contributed by atoms with van der Waals surface area (Å²) in [6.45, 7) is 1.97. The zero-order valence-electron chi connectivity index (χ0n) is 6.25. The molecule has 0 heterocycles. The third-order valence-electron chi connectivity index (χ3n) is 2.28. The molecule has 1 aliphatic rings. The van der Waals surface area contributed by atoms with E-state index in [0.717, 1.165) is 12.8 Å². The quantitative estimate of drug-likeness (QED) is 0.529. The number of hydrogen-bond acceptors (Lipinski definition) is 2. The van der Waals surface area contributed by atoms with Crippen molar-refractivity contribution in [3.05, 3.63) is 12.2 Å². The second kappa shape index (κ2) is 2.72. The average molecular weight is 142 g/mol. The van der Waals surface area contributed by atoms with E-state index in [1.807, 2.05) is 13.0 Å². The van der Waals surface area contributed by atoms with Crippen LogP contribution in [0.25, 0.3) is 0 Å². The molecular weight excluding hydrogens is 128 g/mol. The van der Waals surface area contributed by atoms with Crippen LogP contribution in [0.5, 0.6) is 0 Å². The van der Waals surface area contributed by atoms with Crippen LogP contribution in [-0.2, 0) is 0 Å². The number of rotatable bonds is 1. The lowest BCUT2D eigenvalue weighted by molar-refractivity contribution is 0.0132. The molecule has 0 saturated carbocycles. The number of aliphatic hydroxyl groups excluding tert-OH is 2. The molecule has 0 unspecified atom stereocenters. The van der Waals surface area contributed by atoms with Gasteiger partial charge in [0.1, 0.15) is 0 Å². The summed E-state index contributed by atoms with van der Waals surface area (Å²) in [5, 5.41) is 18.3. The highest BCUT2D eigenvalue weighted by Gasteiger charge is 2.31. The van der Waals surface area contributed by atoms with Crippen LogP contribution in [0.1, 0.15) is 19.8 Å². The van der Waals surface area contributed by atoms with E-state index >= 15 is 0 Å². The predicted octanol–water partition coefficient (Wildman–Crippen LogP) is 0.696. The van der Waals surface area contributed by atoms with Gasteiger partial charge < -0.3 is 10.2 Å². The van der Waals surface area contributed by atoms with E-state index in [1.165, 1.54) is 0 Å². The molecule has 2 nitrogen and oxygen atoms in total. The Morgan fingerprint density at radius 3 is 2.80 bits per heavy atom. The van der Waals surface area contributed by atoms with Gasteiger partial charge in [0.15, 0.2) is 0 Å². The molecule has 0 saturated heterocycles. The van der Waals surface area contributed by atoms with Crippen molar-refractivity contribution < 1.29 is 10.2 Å². The Morgan fingerprint density at radius 1 is 1.70 bits per heavy atom. The second-order valence-electron chi connectivity index (χ2n) is 3.22. The fourth-order valence-electron chi connectivity index (χ4n) is 1.19. The highest BCUT2D eigenvalue weighted by molar-refractivity contribution is 5.03. The van der Waals surface area contributed by atoms with Gasteiger partial charge in [0.25, 0.3) is 0 Å². The lowest BCUT2D eigenvalue weighted by Crippen LogP contribution is -2.36. The van der Waals surface area contributed by atoms with E-state index < -0.39 is 6.10 Å². The zero-order valence-corrected chi connectivity index (χ0v) is 6.25. The molecule has 0 radical (unpaired) electrons. The normalized spacial score (nSPS) is 40.1. The van der Waals surface area contributed by atoms with Crippen LogP contribution in [0.3, 0.4) is 0 Å². The van der Waals surface area contributed by atoms with Crippen molar-refractivity contribution in [2.24, 2.45) is 5.41 Å². The molecule has 2 heteroatoms.